The number of fused-ring (bicyclic) bond motifs is 1. The quantitative estimate of drug-likeness (QED) is 0.512. The first kappa shape index (κ1) is 24.8. The van der Waals surface area contributed by atoms with Crippen LogP contribution in [0.3, 0.4) is 0 Å². The van der Waals surface area contributed by atoms with Crippen molar-refractivity contribution in [3.8, 4) is 0 Å². The number of likely N-dealkylation sites (tertiary alicyclic amines) is 1. The van der Waals surface area contributed by atoms with Gasteiger partial charge in [-0.1, -0.05) is 13.3 Å². The van der Waals surface area contributed by atoms with Gasteiger partial charge >= 0.3 is 5.69 Å². The van der Waals surface area contributed by atoms with Crippen LogP contribution in [0.5, 0.6) is 0 Å². The smallest absolute Gasteiger partial charge is 0.330 e. The fourth-order valence-corrected chi connectivity index (χ4v) is 4.95. The minimum Gasteiger partial charge on any atom is -0.378 e. The highest BCUT2D eigenvalue weighted by Crippen LogP contribution is 2.23. The van der Waals surface area contributed by atoms with E-state index in [0.29, 0.717) is 42.2 Å². The zero-order valence-electron chi connectivity index (χ0n) is 21.2. The Balaban J connectivity index is 1.58. The number of nitrogens with one attached hydrogen (secondary N) is 2. The van der Waals surface area contributed by atoms with Crippen LogP contribution in [-0.2, 0) is 19.6 Å². The van der Waals surface area contributed by atoms with E-state index in [2.05, 4.69) is 24.1 Å². The monoisotopic (exact) mass is 480 g/mol. The van der Waals surface area contributed by atoms with Gasteiger partial charge in [0, 0.05) is 36.9 Å². The molecular formula is C26H36N6O3. The molecule has 0 spiro atoms. The summed E-state index contributed by atoms with van der Waals surface area (Å²) in [5, 5.41) is 3.41. The summed E-state index contributed by atoms with van der Waals surface area (Å²) in [5.41, 5.74) is 2.60. The van der Waals surface area contributed by atoms with Gasteiger partial charge in [0.15, 0.2) is 11.2 Å². The number of hydrogen-bond donors (Lipinski definition) is 2. The van der Waals surface area contributed by atoms with E-state index in [1.54, 1.807) is 4.57 Å². The highest BCUT2D eigenvalue weighted by Gasteiger charge is 2.24. The van der Waals surface area contributed by atoms with E-state index in [1.165, 1.54) is 6.42 Å². The van der Waals surface area contributed by atoms with Gasteiger partial charge in [-0.3, -0.25) is 19.1 Å². The van der Waals surface area contributed by atoms with Crippen LogP contribution >= 0.6 is 0 Å². The molecule has 2 aromatic heterocycles. The highest BCUT2D eigenvalue weighted by molar-refractivity contribution is 5.95. The Hall–Kier alpha value is -3.36. The number of rotatable bonds is 8. The maximum absolute atomic E-state index is 13.0. The lowest BCUT2D eigenvalue weighted by Gasteiger charge is -2.33. The van der Waals surface area contributed by atoms with E-state index in [-0.39, 0.29) is 11.9 Å². The third-order valence-electron chi connectivity index (χ3n) is 6.99. The van der Waals surface area contributed by atoms with E-state index in [9.17, 15) is 14.4 Å². The predicted octanol–water partition coefficient (Wildman–Crippen LogP) is 3.64. The van der Waals surface area contributed by atoms with E-state index in [4.69, 9.17) is 4.98 Å². The fraction of sp³-hybridized carbons (Fsp3) is 0.538. The molecule has 1 atom stereocenters. The Labute approximate surface area is 205 Å². The fourth-order valence-electron chi connectivity index (χ4n) is 4.95. The first-order valence-electron chi connectivity index (χ1n) is 12.7. The third kappa shape index (κ3) is 4.90. The first-order valence-corrected chi connectivity index (χ1v) is 12.7. The molecule has 9 nitrogen and oxygen atoms in total. The molecule has 0 aliphatic carbocycles. The number of H-pyrrole nitrogens is 1. The Morgan fingerprint density at radius 2 is 2.00 bits per heavy atom. The molecule has 35 heavy (non-hydrogen) atoms. The van der Waals surface area contributed by atoms with Crippen molar-refractivity contribution in [3.05, 3.63) is 56.0 Å². The maximum atomic E-state index is 13.0. The first-order chi connectivity index (χ1) is 16.8. The second kappa shape index (κ2) is 10.5. The van der Waals surface area contributed by atoms with Crippen LogP contribution in [0.4, 0.5) is 5.69 Å². The topological polar surface area (TPSA) is 105 Å². The molecule has 0 bridgehead atoms. The average Bonchev–Trinajstić information content (AvgIpc) is 3.22. The lowest BCUT2D eigenvalue weighted by Crippen LogP contribution is -2.42. The molecule has 0 saturated carbocycles. The van der Waals surface area contributed by atoms with Crippen molar-refractivity contribution < 1.29 is 4.79 Å². The number of aromatic amines is 1. The molecule has 1 aromatic carbocycles. The number of piperidine rings is 1. The summed E-state index contributed by atoms with van der Waals surface area (Å²) >= 11 is 0. The van der Waals surface area contributed by atoms with Crippen molar-refractivity contribution in [1.82, 2.24) is 24.0 Å². The SMILES string of the molecule is CCCCn1c(=O)[nH]c(=O)c2c1nc(CNc1ccc(C(=O)N3CCCCC3C)cc1C)n2CC. The van der Waals surface area contributed by atoms with E-state index in [1.807, 2.05) is 41.5 Å². The molecule has 188 valence electrons. The zero-order chi connectivity index (χ0) is 25.1. The zero-order valence-corrected chi connectivity index (χ0v) is 21.2. The number of carbonyl (C=O) groups is 1. The summed E-state index contributed by atoms with van der Waals surface area (Å²) in [6, 6.07) is 6.01. The van der Waals surface area contributed by atoms with Gasteiger partial charge in [0.1, 0.15) is 5.82 Å². The van der Waals surface area contributed by atoms with Crippen molar-refractivity contribution >= 4 is 22.8 Å². The maximum Gasteiger partial charge on any atom is 0.330 e. The summed E-state index contributed by atoms with van der Waals surface area (Å²) in [6.07, 6.45) is 5.05. The molecule has 2 N–H and O–H groups in total. The Kier molecular flexibility index (Phi) is 7.42. The number of imidazole rings is 1. The Morgan fingerprint density at radius 1 is 1.20 bits per heavy atom. The summed E-state index contributed by atoms with van der Waals surface area (Å²) in [7, 11) is 0. The number of anilines is 1. The van der Waals surface area contributed by atoms with E-state index >= 15 is 0 Å². The Morgan fingerprint density at radius 3 is 2.69 bits per heavy atom. The van der Waals surface area contributed by atoms with Gasteiger partial charge in [-0.15, -0.1) is 0 Å². The van der Waals surface area contributed by atoms with Gasteiger partial charge in [0.05, 0.1) is 6.54 Å². The Bertz CT molecular complexity index is 1340. The summed E-state index contributed by atoms with van der Waals surface area (Å²) in [5.74, 6) is 0.773. The molecule has 1 amide bonds. The average molecular weight is 481 g/mol. The van der Waals surface area contributed by atoms with Gasteiger partial charge in [0.2, 0.25) is 0 Å². The van der Waals surface area contributed by atoms with Crippen molar-refractivity contribution in [2.75, 3.05) is 11.9 Å². The van der Waals surface area contributed by atoms with E-state index in [0.717, 1.165) is 43.5 Å². The van der Waals surface area contributed by atoms with Crippen LogP contribution in [0.25, 0.3) is 11.2 Å². The second-order valence-electron chi connectivity index (χ2n) is 9.44. The van der Waals surface area contributed by atoms with Crippen LogP contribution in [0, 0.1) is 6.92 Å². The van der Waals surface area contributed by atoms with Crippen molar-refractivity contribution in [2.45, 2.75) is 85.5 Å². The van der Waals surface area contributed by atoms with Crippen molar-refractivity contribution in [2.24, 2.45) is 0 Å². The molecule has 3 aromatic rings. The standard InChI is InChI=1S/C26H36N6O3/c1-5-7-13-32-23-22(24(33)29-26(32)35)30(6-2)21(28-23)16-27-20-12-11-19(15-17(20)3)25(34)31-14-9-8-10-18(31)4/h11-12,15,18,27H,5-10,13-14,16H2,1-4H3,(H,29,33,35). The minimum absolute atomic E-state index is 0.0869. The number of nitrogens with zero attached hydrogens (tertiary/aromatic N) is 4. The number of aromatic nitrogens is 4. The molecule has 1 saturated heterocycles. The lowest BCUT2D eigenvalue weighted by molar-refractivity contribution is 0.0635. The summed E-state index contributed by atoms with van der Waals surface area (Å²) in [6.45, 7) is 10.4. The molecule has 9 heteroatoms. The van der Waals surface area contributed by atoms with Gasteiger partial charge in [-0.05, 0) is 70.2 Å². The van der Waals surface area contributed by atoms with Gasteiger partial charge in [-0.2, -0.15) is 0 Å². The largest absolute Gasteiger partial charge is 0.378 e. The van der Waals surface area contributed by atoms with Crippen LogP contribution in [0.2, 0.25) is 0 Å². The number of amides is 1. The van der Waals surface area contributed by atoms with Gasteiger partial charge in [0.25, 0.3) is 11.5 Å². The summed E-state index contributed by atoms with van der Waals surface area (Å²) in [4.78, 5) is 47.2. The lowest BCUT2D eigenvalue weighted by atomic mass is 10.0. The number of aryl methyl sites for hydroxylation is 3. The van der Waals surface area contributed by atoms with Crippen LogP contribution in [0.1, 0.15) is 74.6 Å². The molecular weight excluding hydrogens is 444 g/mol. The summed E-state index contributed by atoms with van der Waals surface area (Å²) < 4.78 is 3.41. The molecule has 4 rings (SSSR count). The molecule has 3 heterocycles. The molecule has 1 fully saturated rings. The van der Waals surface area contributed by atoms with Gasteiger partial charge in [-0.25, -0.2) is 9.78 Å². The normalized spacial score (nSPS) is 16.1. The molecule has 0 radical (unpaired) electrons. The third-order valence-corrected chi connectivity index (χ3v) is 6.99. The molecule has 1 aliphatic rings. The molecule has 1 aliphatic heterocycles. The number of benzene rings is 1. The van der Waals surface area contributed by atoms with Crippen LogP contribution < -0.4 is 16.6 Å². The molecule has 1 unspecified atom stereocenters. The minimum atomic E-state index is -0.421. The van der Waals surface area contributed by atoms with Crippen molar-refractivity contribution in [1.29, 1.82) is 0 Å². The number of unbranched alkanes of at least 4 members (excludes halogenated alkanes) is 1. The number of carbonyl (C=O) groups excluding carboxylic acids is 1. The van der Waals surface area contributed by atoms with Crippen LogP contribution in [0.15, 0.2) is 27.8 Å². The van der Waals surface area contributed by atoms with E-state index < -0.39 is 11.2 Å². The van der Waals surface area contributed by atoms with Gasteiger partial charge < -0.3 is 14.8 Å². The van der Waals surface area contributed by atoms with Crippen LogP contribution in [-0.4, -0.2) is 42.5 Å². The number of hydrogen-bond acceptors (Lipinski definition) is 5. The predicted molar refractivity (Wildman–Crippen MR) is 138 cm³/mol. The highest BCUT2D eigenvalue weighted by atomic mass is 16.2. The van der Waals surface area contributed by atoms with Crippen molar-refractivity contribution in [3.63, 3.8) is 0 Å². The second-order valence-corrected chi connectivity index (χ2v) is 9.44.